The molecule has 0 amide bonds. The maximum Gasteiger partial charge on any atom is 0.0497 e. The number of hydrogen-bond donors (Lipinski definition) is 1. The molecule has 0 aromatic heterocycles. The molecular weight excluding hydrogens is 210 g/mol. The van der Waals surface area contributed by atoms with Gasteiger partial charge >= 0.3 is 0 Å². The zero-order valence-corrected chi connectivity index (χ0v) is 12.6. The lowest BCUT2D eigenvalue weighted by Gasteiger charge is -2.36. The molecule has 0 bridgehead atoms. The van der Waals surface area contributed by atoms with Crippen LogP contribution in [-0.2, 0) is 0 Å². The van der Waals surface area contributed by atoms with Crippen molar-refractivity contribution in [1.82, 2.24) is 4.90 Å². The smallest absolute Gasteiger partial charge is 0.0497 e. The van der Waals surface area contributed by atoms with E-state index in [2.05, 4.69) is 39.5 Å². The van der Waals surface area contributed by atoms with Crippen LogP contribution in [0.15, 0.2) is 0 Å². The van der Waals surface area contributed by atoms with Crippen molar-refractivity contribution in [1.29, 1.82) is 0 Å². The van der Waals surface area contributed by atoms with Gasteiger partial charge in [-0.1, -0.05) is 40.0 Å². The summed E-state index contributed by atoms with van der Waals surface area (Å²) >= 11 is 0. The van der Waals surface area contributed by atoms with Gasteiger partial charge in [-0.25, -0.2) is 0 Å². The van der Waals surface area contributed by atoms with E-state index in [1.165, 1.54) is 25.8 Å². The van der Waals surface area contributed by atoms with E-state index < -0.39 is 0 Å². The molecule has 0 fully saturated rings. The van der Waals surface area contributed by atoms with Crippen LogP contribution in [0.1, 0.15) is 66.7 Å². The average Bonchev–Trinajstić information content (AvgIpc) is 2.28. The van der Waals surface area contributed by atoms with Crippen LogP contribution in [0.25, 0.3) is 0 Å². The third-order valence-electron chi connectivity index (χ3n) is 3.60. The molecule has 0 saturated heterocycles. The molecule has 2 heteroatoms. The highest BCUT2D eigenvalue weighted by molar-refractivity contribution is 4.79. The number of hydrogen-bond acceptors (Lipinski definition) is 2. The largest absolute Gasteiger partial charge is 0.396 e. The predicted molar refractivity (Wildman–Crippen MR) is 76.3 cm³/mol. The Morgan fingerprint density at radius 3 is 2.18 bits per heavy atom. The zero-order valence-electron chi connectivity index (χ0n) is 12.6. The maximum absolute atomic E-state index is 9.59. The van der Waals surface area contributed by atoms with Crippen LogP contribution >= 0.6 is 0 Å². The summed E-state index contributed by atoms with van der Waals surface area (Å²) in [5.74, 6) is 0. The molecular formula is C15H33NO. The molecule has 0 rings (SSSR count). The quantitative estimate of drug-likeness (QED) is 0.592. The zero-order chi connectivity index (χ0) is 13.3. The summed E-state index contributed by atoms with van der Waals surface area (Å²) in [7, 11) is 0. The van der Waals surface area contributed by atoms with Gasteiger partial charge in [0.2, 0.25) is 0 Å². The van der Waals surface area contributed by atoms with Gasteiger partial charge in [-0.05, 0) is 33.2 Å². The van der Waals surface area contributed by atoms with Crippen LogP contribution in [0.5, 0.6) is 0 Å². The summed E-state index contributed by atoms with van der Waals surface area (Å²) in [4.78, 5) is 2.53. The van der Waals surface area contributed by atoms with Crippen LogP contribution in [0.4, 0.5) is 0 Å². The van der Waals surface area contributed by atoms with Gasteiger partial charge in [0, 0.05) is 24.6 Å². The van der Waals surface area contributed by atoms with E-state index in [1.54, 1.807) is 0 Å². The summed E-state index contributed by atoms with van der Waals surface area (Å²) in [6.45, 7) is 13.7. The van der Waals surface area contributed by atoms with Crippen molar-refractivity contribution in [2.45, 2.75) is 72.8 Å². The second kappa shape index (κ2) is 8.93. The van der Waals surface area contributed by atoms with Crippen molar-refractivity contribution < 1.29 is 5.11 Å². The van der Waals surface area contributed by atoms with Gasteiger partial charge < -0.3 is 10.0 Å². The van der Waals surface area contributed by atoms with Gasteiger partial charge in [-0.2, -0.15) is 0 Å². The SMILES string of the molecule is CCCCCN(CC(C)(CO)CCC)C(C)C. The minimum atomic E-state index is 0.0746. The van der Waals surface area contributed by atoms with Crippen LogP contribution < -0.4 is 0 Å². The summed E-state index contributed by atoms with van der Waals surface area (Å²) in [5, 5.41) is 9.59. The minimum Gasteiger partial charge on any atom is -0.396 e. The standard InChI is InChI=1S/C15H33NO/c1-6-8-9-11-16(14(3)4)12-15(5,13-17)10-7-2/h14,17H,6-13H2,1-5H3. The van der Waals surface area contributed by atoms with Crippen molar-refractivity contribution in [2.24, 2.45) is 5.41 Å². The van der Waals surface area contributed by atoms with Crippen molar-refractivity contribution in [3.63, 3.8) is 0 Å². The van der Waals surface area contributed by atoms with E-state index in [1.807, 2.05) is 0 Å². The lowest BCUT2D eigenvalue weighted by molar-refractivity contribution is 0.0650. The molecule has 0 aliphatic heterocycles. The van der Waals surface area contributed by atoms with Crippen molar-refractivity contribution in [3.8, 4) is 0 Å². The first kappa shape index (κ1) is 16.9. The summed E-state index contributed by atoms with van der Waals surface area (Å²) in [6.07, 6.45) is 6.13. The van der Waals surface area contributed by atoms with E-state index in [9.17, 15) is 5.11 Å². The highest BCUT2D eigenvalue weighted by Gasteiger charge is 2.26. The van der Waals surface area contributed by atoms with Crippen LogP contribution in [-0.4, -0.2) is 35.7 Å². The maximum atomic E-state index is 9.59. The monoisotopic (exact) mass is 243 g/mol. The molecule has 2 nitrogen and oxygen atoms in total. The second-order valence-corrected chi connectivity index (χ2v) is 5.99. The first-order valence-electron chi connectivity index (χ1n) is 7.34. The van der Waals surface area contributed by atoms with Crippen LogP contribution in [0.2, 0.25) is 0 Å². The Labute approximate surface area is 108 Å². The van der Waals surface area contributed by atoms with E-state index in [4.69, 9.17) is 0 Å². The number of aliphatic hydroxyl groups is 1. The highest BCUT2D eigenvalue weighted by Crippen LogP contribution is 2.25. The van der Waals surface area contributed by atoms with Gasteiger partial charge in [0.05, 0.1) is 0 Å². The van der Waals surface area contributed by atoms with Crippen molar-refractivity contribution in [2.75, 3.05) is 19.7 Å². The van der Waals surface area contributed by atoms with Gasteiger partial charge in [-0.15, -0.1) is 0 Å². The normalized spacial score (nSPS) is 15.5. The fraction of sp³-hybridized carbons (Fsp3) is 1.00. The van der Waals surface area contributed by atoms with Gasteiger partial charge in [0.15, 0.2) is 0 Å². The number of aliphatic hydroxyl groups excluding tert-OH is 1. The van der Waals surface area contributed by atoms with Crippen LogP contribution in [0, 0.1) is 5.41 Å². The van der Waals surface area contributed by atoms with Crippen LogP contribution in [0.3, 0.4) is 0 Å². The molecule has 0 aromatic carbocycles. The molecule has 1 N–H and O–H groups in total. The molecule has 0 aromatic rings. The topological polar surface area (TPSA) is 23.5 Å². The Hall–Kier alpha value is -0.0800. The Balaban J connectivity index is 4.29. The molecule has 0 aliphatic carbocycles. The fourth-order valence-electron chi connectivity index (χ4n) is 2.39. The average molecular weight is 243 g/mol. The lowest BCUT2D eigenvalue weighted by Crippen LogP contribution is -2.42. The Morgan fingerprint density at radius 1 is 1.12 bits per heavy atom. The Morgan fingerprint density at radius 2 is 1.76 bits per heavy atom. The number of rotatable bonds is 10. The third-order valence-corrected chi connectivity index (χ3v) is 3.60. The minimum absolute atomic E-state index is 0.0746. The Kier molecular flexibility index (Phi) is 8.89. The number of nitrogens with zero attached hydrogens (tertiary/aromatic N) is 1. The first-order valence-corrected chi connectivity index (χ1v) is 7.34. The third kappa shape index (κ3) is 7.05. The molecule has 1 unspecified atom stereocenters. The summed E-state index contributed by atoms with van der Waals surface area (Å²) < 4.78 is 0. The van der Waals surface area contributed by atoms with Crippen molar-refractivity contribution >= 4 is 0 Å². The van der Waals surface area contributed by atoms with E-state index in [0.717, 1.165) is 19.4 Å². The van der Waals surface area contributed by atoms with E-state index >= 15 is 0 Å². The molecule has 0 heterocycles. The van der Waals surface area contributed by atoms with E-state index in [0.29, 0.717) is 12.6 Å². The highest BCUT2D eigenvalue weighted by atomic mass is 16.3. The molecule has 0 saturated carbocycles. The molecule has 0 spiro atoms. The van der Waals surface area contributed by atoms with Crippen molar-refractivity contribution in [3.05, 3.63) is 0 Å². The molecule has 104 valence electrons. The summed E-state index contributed by atoms with van der Waals surface area (Å²) in [6, 6.07) is 0.578. The molecule has 17 heavy (non-hydrogen) atoms. The van der Waals surface area contributed by atoms with Gasteiger partial charge in [0.25, 0.3) is 0 Å². The fourth-order valence-corrected chi connectivity index (χ4v) is 2.39. The number of unbranched alkanes of at least 4 members (excludes halogenated alkanes) is 2. The molecule has 1 atom stereocenters. The lowest BCUT2D eigenvalue weighted by atomic mass is 9.85. The molecule has 0 radical (unpaired) electrons. The van der Waals surface area contributed by atoms with E-state index in [-0.39, 0.29) is 5.41 Å². The Bertz CT molecular complexity index is 182. The van der Waals surface area contributed by atoms with Gasteiger partial charge in [0.1, 0.15) is 0 Å². The first-order chi connectivity index (χ1) is 7.99. The second-order valence-electron chi connectivity index (χ2n) is 5.99. The summed E-state index contributed by atoms with van der Waals surface area (Å²) in [5.41, 5.74) is 0.0746. The van der Waals surface area contributed by atoms with Gasteiger partial charge in [-0.3, -0.25) is 0 Å². The predicted octanol–water partition coefficient (Wildman–Crippen LogP) is 3.69. The molecule has 0 aliphatic rings.